The largest absolute Gasteiger partial charge is 0.378 e. The molecular formula is C4H9NO2S. The van der Waals surface area contributed by atoms with Crippen molar-refractivity contribution < 1.29 is 10.2 Å². The van der Waals surface area contributed by atoms with Crippen LogP contribution in [0.4, 0.5) is 0 Å². The molecule has 2 unspecified atom stereocenters. The Kier molecular flexibility index (Phi) is 2.13. The molecule has 0 aromatic heterocycles. The van der Waals surface area contributed by atoms with E-state index in [4.69, 9.17) is 10.2 Å². The van der Waals surface area contributed by atoms with Gasteiger partial charge in [-0.15, -0.1) is 11.8 Å². The summed E-state index contributed by atoms with van der Waals surface area (Å²) in [7, 11) is 0. The summed E-state index contributed by atoms with van der Waals surface area (Å²) in [6.07, 6.45) is -0.728. The molecule has 0 aromatic carbocycles. The summed E-state index contributed by atoms with van der Waals surface area (Å²) in [4.78, 5) is 0. The Hall–Kier alpha value is 0.230. The van der Waals surface area contributed by atoms with E-state index in [1.807, 2.05) is 0 Å². The molecule has 3 N–H and O–H groups in total. The maximum Gasteiger partial charge on any atom is 0.140 e. The number of hydrogen-bond acceptors (Lipinski definition) is 4. The molecule has 0 saturated carbocycles. The van der Waals surface area contributed by atoms with Gasteiger partial charge in [-0.3, -0.25) is 5.32 Å². The van der Waals surface area contributed by atoms with Gasteiger partial charge in [-0.2, -0.15) is 0 Å². The summed E-state index contributed by atoms with van der Waals surface area (Å²) in [5, 5.41) is 20.3. The van der Waals surface area contributed by atoms with Gasteiger partial charge in [0.2, 0.25) is 0 Å². The maximum atomic E-state index is 8.83. The highest BCUT2D eigenvalue weighted by atomic mass is 32.2. The SMILES string of the molecule is OC1NCCSC1O. The van der Waals surface area contributed by atoms with Crippen molar-refractivity contribution in [1.82, 2.24) is 5.32 Å². The third-order valence-electron chi connectivity index (χ3n) is 1.01. The molecule has 1 saturated heterocycles. The fraction of sp³-hybridized carbons (Fsp3) is 1.00. The molecule has 1 heterocycles. The van der Waals surface area contributed by atoms with Crippen LogP contribution >= 0.6 is 11.8 Å². The quantitative estimate of drug-likeness (QED) is 0.397. The molecule has 1 rings (SSSR count). The summed E-state index contributed by atoms with van der Waals surface area (Å²) in [5.74, 6) is 0.873. The van der Waals surface area contributed by atoms with E-state index in [0.29, 0.717) is 0 Å². The first-order valence-electron chi connectivity index (χ1n) is 2.52. The molecular weight excluding hydrogens is 126 g/mol. The Morgan fingerprint density at radius 2 is 2.25 bits per heavy atom. The molecule has 1 aliphatic rings. The topological polar surface area (TPSA) is 52.5 Å². The Balaban J connectivity index is 2.28. The normalized spacial score (nSPS) is 39.8. The number of aliphatic hydroxyl groups excluding tert-OH is 2. The average molecular weight is 135 g/mol. The number of thioether (sulfide) groups is 1. The van der Waals surface area contributed by atoms with E-state index in [9.17, 15) is 0 Å². The Morgan fingerprint density at radius 1 is 1.50 bits per heavy atom. The Bertz CT molecular complexity index is 70.4. The predicted octanol–water partition coefficient (Wildman–Crippen LogP) is -1.04. The molecule has 0 bridgehead atoms. The van der Waals surface area contributed by atoms with Gasteiger partial charge in [-0.25, -0.2) is 0 Å². The van der Waals surface area contributed by atoms with Crippen LogP contribution in [0.3, 0.4) is 0 Å². The standard InChI is InChI=1S/C4H9NO2S/c6-3-4(7)8-2-1-5-3/h3-7H,1-2H2. The Morgan fingerprint density at radius 3 is 2.62 bits per heavy atom. The second kappa shape index (κ2) is 2.68. The van der Waals surface area contributed by atoms with E-state index in [-0.39, 0.29) is 0 Å². The van der Waals surface area contributed by atoms with Gasteiger partial charge >= 0.3 is 0 Å². The molecule has 1 aliphatic heterocycles. The second-order valence-electron chi connectivity index (χ2n) is 1.66. The van der Waals surface area contributed by atoms with Crippen LogP contribution in [0.25, 0.3) is 0 Å². The zero-order valence-corrected chi connectivity index (χ0v) is 5.19. The van der Waals surface area contributed by atoms with E-state index in [0.717, 1.165) is 12.3 Å². The highest BCUT2D eigenvalue weighted by molar-refractivity contribution is 7.99. The summed E-state index contributed by atoms with van der Waals surface area (Å²) in [6, 6.07) is 0. The molecule has 3 nitrogen and oxygen atoms in total. The number of nitrogens with one attached hydrogen (secondary N) is 1. The molecule has 0 amide bonds. The lowest BCUT2D eigenvalue weighted by atomic mass is 10.5. The van der Waals surface area contributed by atoms with Crippen molar-refractivity contribution in [2.75, 3.05) is 12.3 Å². The molecule has 2 atom stereocenters. The van der Waals surface area contributed by atoms with Crippen molar-refractivity contribution in [2.45, 2.75) is 11.7 Å². The first kappa shape index (κ1) is 6.35. The minimum atomic E-state index is -0.728. The predicted molar refractivity (Wildman–Crippen MR) is 32.5 cm³/mol. The highest BCUT2D eigenvalue weighted by Gasteiger charge is 2.19. The van der Waals surface area contributed by atoms with Gasteiger partial charge in [-0.1, -0.05) is 0 Å². The van der Waals surface area contributed by atoms with Gasteiger partial charge < -0.3 is 10.2 Å². The number of hydrogen-bond donors (Lipinski definition) is 3. The molecule has 1 fully saturated rings. The monoisotopic (exact) mass is 135 g/mol. The third-order valence-corrected chi connectivity index (χ3v) is 2.05. The summed E-state index contributed by atoms with van der Waals surface area (Å²) in [6.45, 7) is 0.781. The van der Waals surface area contributed by atoms with Crippen LogP contribution in [-0.2, 0) is 0 Å². The molecule has 4 heteroatoms. The molecule has 48 valence electrons. The third kappa shape index (κ3) is 1.35. The Labute approximate surface area is 52.1 Å². The van der Waals surface area contributed by atoms with Gasteiger partial charge in [0.05, 0.1) is 0 Å². The zero-order valence-electron chi connectivity index (χ0n) is 4.37. The molecule has 0 spiro atoms. The van der Waals surface area contributed by atoms with E-state index in [1.54, 1.807) is 0 Å². The molecule has 0 radical (unpaired) electrons. The van der Waals surface area contributed by atoms with Crippen LogP contribution in [0.2, 0.25) is 0 Å². The second-order valence-corrected chi connectivity index (χ2v) is 2.88. The number of rotatable bonds is 0. The van der Waals surface area contributed by atoms with Crippen LogP contribution in [0.5, 0.6) is 0 Å². The van der Waals surface area contributed by atoms with Crippen LogP contribution in [0.1, 0.15) is 0 Å². The van der Waals surface area contributed by atoms with Gasteiger partial charge in [-0.05, 0) is 0 Å². The van der Waals surface area contributed by atoms with Crippen molar-refractivity contribution in [1.29, 1.82) is 0 Å². The van der Waals surface area contributed by atoms with Crippen molar-refractivity contribution in [3.63, 3.8) is 0 Å². The van der Waals surface area contributed by atoms with Gasteiger partial charge in [0.15, 0.2) is 0 Å². The number of aliphatic hydroxyl groups is 2. The molecule has 8 heavy (non-hydrogen) atoms. The summed E-state index contributed by atoms with van der Waals surface area (Å²) in [5.41, 5.74) is -0.635. The van der Waals surface area contributed by atoms with Gasteiger partial charge in [0.25, 0.3) is 0 Å². The van der Waals surface area contributed by atoms with Crippen LogP contribution < -0.4 is 5.32 Å². The average Bonchev–Trinajstić information content (AvgIpc) is 1.77. The van der Waals surface area contributed by atoms with Gasteiger partial charge in [0.1, 0.15) is 11.7 Å². The lowest BCUT2D eigenvalue weighted by Crippen LogP contribution is -2.43. The van der Waals surface area contributed by atoms with E-state index < -0.39 is 11.7 Å². The fourth-order valence-corrected chi connectivity index (χ4v) is 1.33. The summed E-state index contributed by atoms with van der Waals surface area (Å²) >= 11 is 1.37. The van der Waals surface area contributed by atoms with E-state index in [1.165, 1.54) is 11.8 Å². The smallest absolute Gasteiger partial charge is 0.140 e. The lowest BCUT2D eigenvalue weighted by Gasteiger charge is -2.23. The van der Waals surface area contributed by atoms with Crippen molar-refractivity contribution >= 4 is 11.8 Å². The minimum absolute atomic E-state index is 0.635. The fourth-order valence-electron chi connectivity index (χ4n) is 0.578. The van der Waals surface area contributed by atoms with Crippen molar-refractivity contribution in [3.05, 3.63) is 0 Å². The lowest BCUT2D eigenvalue weighted by molar-refractivity contribution is 0.0454. The zero-order chi connectivity index (χ0) is 5.98. The van der Waals surface area contributed by atoms with Crippen molar-refractivity contribution in [2.24, 2.45) is 0 Å². The molecule has 0 aromatic rings. The van der Waals surface area contributed by atoms with Gasteiger partial charge in [0, 0.05) is 12.3 Å². The van der Waals surface area contributed by atoms with E-state index in [2.05, 4.69) is 5.32 Å². The highest BCUT2D eigenvalue weighted by Crippen LogP contribution is 2.13. The first-order chi connectivity index (χ1) is 3.80. The van der Waals surface area contributed by atoms with Crippen LogP contribution in [0, 0.1) is 0 Å². The van der Waals surface area contributed by atoms with Crippen LogP contribution in [-0.4, -0.2) is 34.2 Å². The first-order valence-corrected chi connectivity index (χ1v) is 3.57. The molecule has 0 aliphatic carbocycles. The van der Waals surface area contributed by atoms with E-state index >= 15 is 0 Å². The summed E-state index contributed by atoms with van der Waals surface area (Å²) < 4.78 is 0. The van der Waals surface area contributed by atoms with Crippen molar-refractivity contribution in [3.8, 4) is 0 Å². The maximum absolute atomic E-state index is 8.83. The van der Waals surface area contributed by atoms with Crippen LogP contribution in [0.15, 0.2) is 0 Å². The minimum Gasteiger partial charge on any atom is -0.378 e.